The van der Waals surface area contributed by atoms with E-state index < -0.39 is 0 Å². The van der Waals surface area contributed by atoms with Crippen molar-refractivity contribution in [1.29, 1.82) is 0 Å². The zero-order valence-electron chi connectivity index (χ0n) is 16.6. The summed E-state index contributed by atoms with van der Waals surface area (Å²) in [6.45, 7) is 11.7. The number of amides is 1. The number of carbonyl (C=O) groups excluding carboxylic acids is 1. The standard InChI is InChI=1S/C19H33N5O/c1-14-11-20-15(2)17(22-14)24-9-7-16(8-10-24)18(25)21-12-19(3,4)13-23(5)6/h11,16H,7-10,12-13H2,1-6H3,(H,21,25). The predicted octanol–water partition coefficient (Wildman–Crippen LogP) is 2.01. The molecule has 0 aliphatic carbocycles. The fourth-order valence-electron chi connectivity index (χ4n) is 3.56. The van der Waals surface area contributed by atoms with Gasteiger partial charge in [0.2, 0.25) is 5.91 Å². The molecule has 6 nitrogen and oxygen atoms in total. The van der Waals surface area contributed by atoms with Crippen molar-refractivity contribution in [2.45, 2.75) is 40.5 Å². The number of rotatable bonds is 6. The summed E-state index contributed by atoms with van der Waals surface area (Å²) < 4.78 is 0. The van der Waals surface area contributed by atoms with E-state index in [1.165, 1.54) is 0 Å². The maximum Gasteiger partial charge on any atom is 0.223 e. The van der Waals surface area contributed by atoms with Crippen LogP contribution in [0.2, 0.25) is 0 Å². The van der Waals surface area contributed by atoms with Gasteiger partial charge in [-0.1, -0.05) is 13.8 Å². The second-order valence-electron chi connectivity index (χ2n) is 8.30. The van der Waals surface area contributed by atoms with Crippen molar-refractivity contribution >= 4 is 11.7 Å². The Morgan fingerprint density at radius 1 is 1.32 bits per heavy atom. The van der Waals surface area contributed by atoms with Crippen LogP contribution in [-0.2, 0) is 4.79 Å². The van der Waals surface area contributed by atoms with Gasteiger partial charge in [-0.25, -0.2) is 4.98 Å². The fourth-order valence-corrected chi connectivity index (χ4v) is 3.56. The van der Waals surface area contributed by atoms with Gasteiger partial charge in [0.25, 0.3) is 0 Å². The summed E-state index contributed by atoms with van der Waals surface area (Å²) in [5.74, 6) is 1.26. The molecule has 0 spiro atoms. The number of nitrogens with zero attached hydrogens (tertiary/aromatic N) is 4. The SMILES string of the molecule is Cc1cnc(C)c(N2CCC(C(=O)NCC(C)(C)CN(C)C)CC2)n1. The van der Waals surface area contributed by atoms with Gasteiger partial charge in [0.15, 0.2) is 0 Å². The molecule has 140 valence electrons. The van der Waals surface area contributed by atoms with Gasteiger partial charge in [-0.2, -0.15) is 0 Å². The molecule has 1 aromatic heterocycles. The Kier molecular flexibility index (Phi) is 6.38. The van der Waals surface area contributed by atoms with Gasteiger partial charge in [0.05, 0.1) is 11.4 Å². The van der Waals surface area contributed by atoms with E-state index in [2.05, 4.69) is 53.0 Å². The number of nitrogens with one attached hydrogen (secondary N) is 1. The van der Waals surface area contributed by atoms with Crippen LogP contribution in [0.4, 0.5) is 5.82 Å². The number of carbonyl (C=O) groups is 1. The van der Waals surface area contributed by atoms with Crippen molar-refractivity contribution in [3.63, 3.8) is 0 Å². The van der Waals surface area contributed by atoms with Crippen molar-refractivity contribution in [2.75, 3.05) is 45.2 Å². The van der Waals surface area contributed by atoms with E-state index in [1.807, 2.05) is 13.8 Å². The van der Waals surface area contributed by atoms with Crippen LogP contribution in [0.15, 0.2) is 6.20 Å². The molecule has 1 aromatic rings. The first kappa shape index (κ1) is 19.6. The molecule has 0 unspecified atom stereocenters. The van der Waals surface area contributed by atoms with E-state index in [1.54, 1.807) is 6.20 Å². The summed E-state index contributed by atoms with van der Waals surface area (Å²) in [6.07, 6.45) is 3.54. The van der Waals surface area contributed by atoms with Gasteiger partial charge in [-0.3, -0.25) is 9.78 Å². The van der Waals surface area contributed by atoms with E-state index >= 15 is 0 Å². The van der Waals surface area contributed by atoms with Crippen LogP contribution in [0.1, 0.15) is 38.1 Å². The molecule has 0 saturated carbocycles. The molecule has 1 fully saturated rings. The van der Waals surface area contributed by atoms with Gasteiger partial charge in [-0.15, -0.1) is 0 Å². The third-order valence-corrected chi connectivity index (χ3v) is 4.70. The molecular formula is C19H33N5O. The molecule has 1 aliphatic heterocycles. The average Bonchev–Trinajstić information content (AvgIpc) is 2.54. The molecule has 0 atom stereocenters. The monoisotopic (exact) mass is 347 g/mol. The Morgan fingerprint density at radius 3 is 2.56 bits per heavy atom. The van der Waals surface area contributed by atoms with Crippen LogP contribution in [0, 0.1) is 25.2 Å². The molecule has 1 aliphatic rings. The van der Waals surface area contributed by atoms with Crippen LogP contribution in [0.5, 0.6) is 0 Å². The lowest BCUT2D eigenvalue weighted by Crippen LogP contribution is -2.45. The highest BCUT2D eigenvalue weighted by atomic mass is 16.1. The summed E-state index contributed by atoms with van der Waals surface area (Å²) >= 11 is 0. The maximum absolute atomic E-state index is 12.5. The van der Waals surface area contributed by atoms with Gasteiger partial charge in [-0.05, 0) is 46.2 Å². The third kappa shape index (κ3) is 5.66. The lowest BCUT2D eigenvalue weighted by atomic mass is 9.91. The molecule has 0 aromatic carbocycles. The molecule has 2 rings (SSSR count). The van der Waals surface area contributed by atoms with E-state index in [4.69, 9.17) is 0 Å². The average molecular weight is 348 g/mol. The van der Waals surface area contributed by atoms with Gasteiger partial charge in [0.1, 0.15) is 5.82 Å². The normalized spacial score (nSPS) is 16.4. The summed E-state index contributed by atoms with van der Waals surface area (Å²) in [5, 5.41) is 3.16. The van der Waals surface area contributed by atoms with E-state index in [0.717, 1.165) is 49.7 Å². The Labute approximate surface area is 152 Å². The minimum atomic E-state index is 0.0775. The smallest absolute Gasteiger partial charge is 0.223 e. The Hall–Kier alpha value is -1.69. The van der Waals surface area contributed by atoms with Crippen LogP contribution in [0.3, 0.4) is 0 Å². The summed E-state index contributed by atoms with van der Waals surface area (Å²) in [5.41, 5.74) is 1.97. The molecule has 1 saturated heterocycles. The topological polar surface area (TPSA) is 61.4 Å². The van der Waals surface area contributed by atoms with Crippen LogP contribution in [-0.4, -0.2) is 61.0 Å². The molecule has 25 heavy (non-hydrogen) atoms. The molecule has 1 N–H and O–H groups in total. The lowest BCUT2D eigenvalue weighted by molar-refractivity contribution is -0.126. The highest BCUT2D eigenvalue weighted by Gasteiger charge is 2.28. The predicted molar refractivity (Wildman–Crippen MR) is 102 cm³/mol. The Bertz CT molecular complexity index is 591. The molecular weight excluding hydrogens is 314 g/mol. The van der Waals surface area contributed by atoms with Gasteiger partial charge >= 0.3 is 0 Å². The van der Waals surface area contributed by atoms with Gasteiger partial charge < -0.3 is 15.1 Å². The quantitative estimate of drug-likeness (QED) is 0.853. The molecule has 2 heterocycles. The van der Waals surface area contributed by atoms with Crippen LogP contribution >= 0.6 is 0 Å². The second kappa shape index (κ2) is 8.13. The van der Waals surface area contributed by atoms with Crippen molar-refractivity contribution in [1.82, 2.24) is 20.2 Å². The molecule has 6 heteroatoms. The number of hydrogen-bond donors (Lipinski definition) is 1. The zero-order chi connectivity index (χ0) is 18.6. The number of aromatic nitrogens is 2. The lowest BCUT2D eigenvalue weighted by Gasteiger charge is -2.34. The van der Waals surface area contributed by atoms with E-state index in [-0.39, 0.29) is 17.2 Å². The molecule has 0 radical (unpaired) electrons. The van der Waals surface area contributed by atoms with E-state index in [9.17, 15) is 4.79 Å². The zero-order valence-corrected chi connectivity index (χ0v) is 16.6. The number of aryl methyl sites for hydroxylation is 2. The van der Waals surface area contributed by atoms with E-state index in [0.29, 0.717) is 6.54 Å². The van der Waals surface area contributed by atoms with Crippen molar-refractivity contribution in [3.8, 4) is 0 Å². The van der Waals surface area contributed by atoms with Crippen LogP contribution in [0.25, 0.3) is 0 Å². The first-order valence-electron chi connectivity index (χ1n) is 9.15. The summed E-state index contributed by atoms with van der Waals surface area (Å²) in [7, 11) is 4.13. The van der Waals surface area contributed by atoms with Crippen LogP contribution < -0.4 is 10.2 Å². The minimum Gasteiger partial charge on any atom is -0.355 e. The number of hydrogen-bond acceptors (Lipinski definition) is 5. The second-order valence-corrected chi connectivity index (χ2v) is 8.30. The van der Waals surface area contributed by atoms with Crippen molar-refractivity contribution < 1.29 is 4.79 Å². The van der Waals surface area contributed by atoms with Crippen molar-refractivity contribution in [2.24, 2.45) is 11.3 Å². The van der Waals surface area contributed by atoms with Crippen molar-refractivity contribution in [3.05, 3.63) is 17.6 Å². The highest BCUT2D eigenvalue weighted by Crippen LogP contribution is 2.24. The maximum atomic E-state index is 12.5. The summed E-state index contributed by atoms with van der Waals surface area (Å²) in [6, 6.07) is 0. The summed E-state index contributed by atoms with van der Waals surface area (Å²) in [4.78, 5) is 26.0. The first-order valence-corrected chi connectivity index (χ1v) is 9.15. The Morgan fingerprint density at radius 2 is 1.96 bits per heavy atom. The minimum absolute atomic E-state index is 0.0775. The third-order valence-electron chi connectivity index (χ3n) is 4.70. The Balaban J connectivity index is 1.85. The highest BCUT2D eigenvalue weighted by molar-refractivity contribution is 5.79. The fraction of sp³-hybridized carbons (Fsp3) is 0.737. The first-order chi connectivity index (χ1) is 11.7. The largest absolute Gasteiger partial charge is 0.355 e. The number of piperidine rings is 1. The molecule has 0 bridgehead atoms. The van der Waals surface area contributed by atoms with Gasteiger partial charge in [0, 0.05) is 38.3 Å². The number of anilines is 1. The molecule has 1 amide bonds.